The minimum Gasteiger partial charge on any atom is -0.361 e. The summed E-state index contributed by atoms with van der Waals surface area (Å²) in [7, 11) is -3.47. The second-order valence-corrected chi connectivity index (χ2v) is 9.25. The van der Waals surface area contributed by atoms with E-state index < -0.39 is 10.0 Å². The maximum atomic E-state index is 12.6. The number of nitrogens with one attached hydrogen (secondary N) is 2. The van der Waals surface area contributed by atoms with Gasteiger partial charge in [0.15, 0.2) is 0 Å². The summed E-state index contributed by atoms with van der Waals surface area (Å²) in [6.45, 7) is 4.73. The van der Waals surface area contributed by atoms with Gasteiger partial charge < -0.3 is 4.98 Å². The molecule has 0 aliphatic carbocycles. The second kappa shape index (κ2) is 9.39. The summed E-state index contributed by atoms with van der Waals surface area (Å²) >= 11 is 0. The molecule has 1 heterocycles. The zero-order chi connectivity index (χ0) is 20.0. The Hall–Kier alpha value is -2.11. The van der Waals surface area contributed by atoms with Gasteiger partial charge in [-0.05, 0) is 54.5 Å². The fourth-order valence-corrected chi connectivity index (χ4v) is 4.61. The number of aryl methyl sites for hydroxylation is 1. The maximum Gasteiger partial charge on any atom is 0.240 e. The van der Waals surface area contributed by atoms with Crippen molar-refractivity contribution in [2.24, 2.45) is 0 Å². The highest BCUT2D eigenvalue weighted by Gasteiger charge is 2.16. The number of hydrogen-bond acceptors (Lipinski definition) is 2. The minimum atomic E-state index is -3.47. The summed E-state index contributed by atoms with van der Waals surface area (Å²) in [5.74, 6) is 0.264. The van der Waals surface area contributed by atoms with Gasteiger partial charge in [-0.3, -0.25) is 0 Å². The third-order valence-electron chi connectivity index (χ3n) is 5.32. The van der Waals surface area contributed by atoms with Gasteiger partial charge in [-0.1, -0.05) is 57.0 Å². The first-order valence-electron chi connectivity index (χ1n) is 10.2. The number of hydrogen-bond donors (Lipinski definition) is 2. The molecule has 0 aliphatic heterocycles. The molecule has 2 aromatic carbocycles. The molecule has 3 aromatic rings. The Morgan fingerprint density at radius 2 is 1.79 bits per heavy atom. The summed E-state index contributed by atoms with van der Waals surface area (Å²) in [6, 6.07) is 15.5. The van der Waals surface area contributed by atoms with E-state index in [4.69, 9.17) is 0 Å². The van der Waals surface area contributed by atoms with Crippen LogP contribution in [0.15, 0.2) is 59.6 Å². The van der Waals surface area contributed by atoms with Crippen LogP contribution in [-0.4, -0.2) is 19.9 Å². The lowest BCUT2D eigenvalue weighted by atomic mass is 9.97. The van der Waals surface area contributed by atoms with Gasteiger partial charge >= 0.3 is 0 Å². The average Bonchev–Trinajstić information content (AvgIpc) is 3.13. The quantitative estimate of drug-likeness (QED) is 0.451. The van der Waals surface area contributed by atoms with Crippen molar-refractivity contribution in [2.75, 3.05) is 6.54 Å². The van der Waals surface area contributed by atoms with Crippen molar-refractivity contribution in [1.82, 2.24) is 9.71 Å². The predicted molar refractivity (Wildman–Crippen MR) is 116 cm³/mol. The molecular weight excluding hydrogens is 368 g/mol. The normalized spacial score (nSPS) is 13.1. The van der Waals surface area contributed by atoms with Gasteiger partial charge in [0.05, 0.1) is 4.90 Å². The second-order valence-electron chi connectivity index (χ2n) is 7.48. The van der Waals surface area contributed by atoms with Crippen LogP contribution < -0.4 is 4.72 Å². The Balaban J connectivity index is 1.56. The van der Waals surface area contributed by atoms with E-state index in [9.17, 15) is 8.42 Å². The summed E-state index contributed by atoms with van der Waals surface area (Å²) in [5.41, 5.74) is 3.54. The largest absolute Gasteiger partial charge is 0.361 e. The molecular formula is C23H30N2O2S. The minimum absolute atomic E-state index is 0.264. The van der Waals surface area contributed by atoms with Crippen LogP contribution in [0.2, 0.25) is 0 Å². The maximum absolute atomic E-state index is 12.6. The molecule has 1 atom stereocenters. The number of aromatic amines is 1. The molecule has 1 aromatic heterocycles. The van der Waals surface area contributed by atoms with Crippen LogP contribution in [0.25, 0.3) is 10.9 Å². The Morgan fingerprint density at radius 3 is 2.54 bits per heavy atom. The lowest BCUT2D eigenvalue weighted by Gasteiger charge is -2.12. The summed E-state index contributed by atoms with van der Waals surface area (Å²) < 4.78 is 27.9. The van der Waals surface area contributed by atoms with E-state index in [1.807, 2.05) is 30.5 Å². The van der Waals surface area contributed by atoms with Gasteiger partial charge in [-0.2, -0.15) is 0 Å². The highest BCUT2D eigenvalue weighted by molar-refractivity contribution is 7.89. The number of fused-ring (bicyclic) bond motifs is 1. The molecule has 2 N–H and O–H groups in total. The molecule has 0 aliphatic rings. The van der Waals surface area contributed by atoms with Gasteiger partial charge in [-0.15, -0.1) is 0 Å². The molecule has 0 amide bonds. The standard InChI is InChI=1S/C23H30N2O2S/c1-3-4-5-8-19-11-13-20(14-12-19)28(26,27)25-16-15-18(2)22-17-24-23-10-7-6-9-21(22)23/h6-7,9-14,17-18,24-25H,3-5,8,15-16H2,1-2H3. The van der Waals surface area contributed by atoms with Crippen LogP contribution in [0.3, 0.4) is 0 Å². The van der Waals surface area contributed by atoms with Crippen LogP contribution in [-0.2, 0) is 16.4 Å². The lowest BCUT2D eigenvalue weighted by molar-refractivity contribution is 0.573. The van der Waals surface area contributed by atoms with E-state index in [-0.39, 0.29) is 5.92 Å². The number of para-hydroxylation sites is 1. The van der Waals surface area contributed by atoms with Gasteiger partial charge in [0.2, 0.25) is 10.0 Å². The lowest BCUT2D eigenvalue weighted by Crippen LogP contribution is -2.25. The number of benzene rings is 2. The van der Waals surface area contributed by atoms with Crippen LogP contribution in [0.4, 0.5) is 0 Å². The van der Waals surface area contributed by atoms with Crippen molar-refractivity contribution >= 4 is 20.9 Å². The van der Waals surface area contributed by atoms with E-state index in [1.165, 1.54) is 29.4 Å². The molecule has 0 radical (unpaired) electrons. The SMILES string of the molecule is CCCCCc1ccc(S(=O)(=O)NCCC(C)c2c[nH]c3ccccc23)cc1. The number of rotatable bonds is 10. The summed E-state index contributed by atoms with van der Waals surface area (Å²) in [6.07, 6.45) is 7.32. The molecule has 0 fully saturated rings. The van der Waals surface area contributed by atoms with Gasteiger partial charge in [0.25, 0.3) is 0 Å². The fourth-order valence-electron chi connectivity index (χ4n) is 3.56. The summed E-state index contributed by atoms with van der Waals surface area (Å²) in [4.78, 5) is 3.63. The van der Waals surface area contributed by atoms with E-state index >= 15 is 0 Å². The monoisotopic (exact) mass is 398 g/mol. The van der Waals surface area contributed by atoms with E-state index in [0.29, 0.717) is 11.4 Å². The van der Waals surface area contributed by atoms with Gasteiger partial charge in [0, 0.05) is 23.6 Å². The van der Waals surface area contributed by atoms with Crippen molar-refractivity contribution in [3.05, 3.63) is 65.9 Å². The molecule has 28 heavy (non-hydrogen) atoms. The Morgan fingerprint density at radius 1 is 1.04 bits per heavy atom. The molecule has 0 bridgehead atoms. The van der Waals surface area contributed by atoms with Crippen molar-refractivity contribution in [3.8, 4) is 0 Å². The van der Waals surface area contributed by atoms with E-state index in [2.05, 4.69) is 35.7 Å². The van der Waals surface area contributed by atoms with E-state index in [1.54, 1.807) is 12.1 Å². The first kappa shape index (κ1) is 20.6. The van der Waals surface area contributed by atoms with Crippen LogP contribution in [0, 0.1) is 0 Å². The zero-order valence-electron chi connectivity index (χ0n) is 16.7. The number of sulfonamides is 1. The molecule has 4 nitrogen and oxygen atoms in total. The van der Waals surface area contributed by atoms with Crippen molar-refractivity contribution in [3.63, 3.8) is 0 Å². The van der Waals surface area contributed by atoms with Crippen molar-refractivity contribution in [1.29, 1.82) is 0 Å². The molecule has 5 heteroatoms. The number of H-pyrrole nitrogens is 1. The van der Waals surface area contributed by atoms with Crippen molar-refractivity contribution in [2.45, 2.75) is 56.8 Å². The molecule has 3 rings (SSSR count). The zero-order valence-corrected chi connectivity index (χ0v) is 17.6. The third-order valence-corrected chi connectivity index (χ3v) is 6.80. The Labute approximate surface area is 168 Å². The predicted octanol–water partition coefficient (Wildman–Crippen LogP) is 5.37. The molecule has 0 saturated heterocycles. The summed E-state index contributed by atoms with van der Waals surface area (Å²) in [5, 5.41) is 1.21. The van der Waals surface area contributed by atoms with Crippen molar-refractivity contribution < 1.29 is 8.42 Å². The molecule has 1 unspecified atom stereocenters. The Kier molecular flexibility index (Phi) is 6.92. The molecule has 150 valence electrons. The van der Waals surface area contributed by atoms with Gasteiger partial charge in [-0.25, -0.2) is 13.1 Å². The number of unbranched alkanes of at least 4 members (excludes halogenated alkanes) is 2. The van der Waals surface area contributed by atoms with Crippen LogP contribution in [0.5, 0.6) is 0 Å². The highest BCUT2D eigenvalue weighted by Crippen LogP contribution is 2.27. The smallest absolute Gasteiger partial charge is 0.240 e. The first-order valence-corrected chi connectivity index (χ1v) is 11.6. The first-order chi connectivity index (χ1) is 13.5. The van der Waals surface area contributed by atoms with Crippen LogP contribution >= 0.6 is 0 Å². The average molecular weight is 399 g/mol. The van der Waals surface area contributed by atoms with Crippen LogP contribution in [0.1, 0.15) is 56.6 Å². The van der Waals surface area contributed by atoms with E-state index in [0.717, 1.165) is 24.8 Å². The number of aromatic nitrogens is 1. The van der Waals surface area contributed by atoms with Gasteiger partial charge in [0.1, 0.15) is 0 Å². The Bertz CT molecular complexity index is 991. The topological polar surface area (TPSA) is 62.0 Å². The third kappa shape index (κ3) is 5.03. The molecule has 0 spiro atoms. The molecule has 0 saturated carbocycles. The highest BCUT2D eigenvalue weighted by atomic mass is 32.2. The fraction of sp³-hybridized carbons (Fsp3) is 0.391.